The summed E-state index contributed by atoms with van der Waals surface area (Å²) in [7, 11) is 0. The molecule has 2 N–H and O–H groups in total. The number of carbonyl (C=O) groups is 2. The smallest absolute Gasteiger partial charge is 0.241 e. The van der Waals surface area contributed by atoms with E-state index in [1.54, 1.807) is 0 Å². The zero-order valence-electron chi connectivity index (χ0n) is 11.8. The number of rotatable bonds is 5. The Morgan fingerprint density at radius 3 is 2.22 bits per heavy atom. The van der Waals surface area contributed by atoms with Crippen LogP contribution in [0.5, 0.6) is 0 Å². The monoisotopic (exact) mass is 255 g/mol. The van der Waals surface area contributed by atoms with Gasteiger partial charge in [-0.05, 0) is 11.8 Å². The van der Waals surface area contributed by atoms with E-state index >= 15 is 0 Å². The number of piperazine rings is 1. The van der Waals surface area contributed by atoms with Crippen LogP contribution < -0.4 is 10.6 Å². The van der Waals surface area contributed by atoms with Crippen LogP contribution in [0.3, 0.4) is 0 Å². The Hall–Kier alpha value is -1.10. The van der Waals surface area contributed by atoms with Crippen molar-refractivity contribution in [3.05, 3.63) is 0 Å². The summed E-state index contributed by atoms with van der Waals surface area (Å²) in [4.78, 5) is 25.4. The lowest BCUT2D eigenvalue weighted by Gasteiger charge is -2.32. The number of hydrogen-bond acceptors (Lipinski definition) is 3. The van der Waals surface area contributed by atoms with Gasteiger partial charge in [-0.15, -0.1) is 0 Å². The van der Waals surface area contributed by atoms with Crippen molar-refractivity contribution in [2.75, 3.05) is 26.2 Å². The second-order valence-corrected chi connectivity index (χ2v) is 5.77. The van der Waals surface area contributed by atoms with Crippen molar-refractivity contribution < 1.29 is 9.59 Å². The summed E-state index contributed by atoms with van der Waals surface area (Å²) in [5.74, 6) is 0.951. The standard InChI is InChI=1S/C13H25N3O2/c1-9(2)7-16(8-10(3)4)13(18)11-5-15-12(17)6-14-11/h9-11,14H,5-8H2,1-4H3,(H,15,17). The first-order chi connectivity index (χ1) is 8.40. The molecule has 0 aliphatic carbocycles. The van der Waals surface area contributed by atoms with Gasteiger partial charge >= 0.3 is 0 Å². The van der Waals surface area contributed by atoms with Gasteiger partial charge in [-0.3, -0.25) is 14.9 Å². The molecule has 1 heterocycles. The molecule has 0 saturated carbocycles. The van der Waals surface area contributed by atoms with Gasteiger partial charge in [0.15, 0.2) is 0 Å². The predicted molar refractivity (Wildman–Crippen MR) is 71.1 cm³/mol. The van der Waals surface area contributed by atoms with E-state index in [1.807, 2.05) is 4.90 Å². The highest BCUT2D eigenvalue weighted by Crippen LogP contribution is 2.07. The van der Waals surface area contributed by atoms with Gasteiger partial charge in [0.05, 0.1) is 6.54 Å². The van der Waals surface area contributed by atoms with Crippen LogP contribution in [0.15, 0.2) is 0 Å². The fraction of sp³-hybridized carbons (Fsp3) is 0.846. The van der Waals surface area contributed by atoms with Gasteiger partial charge in [0.1, 0.15) is 6.04 Å². The quantitative estimate of drug-likeness (QED) is 0.738. The summed E-state index contributed by atoms with van der Waals surface area (Å²) >= 11 is 0. The van der Waals surface area contributed by atoms with Gasteiger partial charge < -0.3 is 10.2 Å². The first kappa shape index (κ1) is 15.0. The molecule has 0 spiro atoms. The van der Waals surface area contributed by atoms with Gasteiger partial charge in [-0.2, -0.15) is 0 Å². The molecular weight excluding hydrogens is 230 g/mol. The number of amides is 2. The molecular formula is C13H25N3O2. The van der Waals surface area contributed by atoms with E-state index in [0.29, 0.717) is 18.4 Å². The number of carbonyl (C=O) groups excluding carboxylic acids is 2. The molecule has 1 saturated heterocycles. The summed E-state index contributed by atoms with van der Waals surface area (Å²) in [6.07, 6.45) is 0. The maximum absolute atomic E-state index is 12.4. The lowest BCUT2D eigenvalue weighted by molar-refractivity contribution is -0.135. The van der Waals surface area contributed by atoms with E-state index in [4.69, 9.17) is 0 Å². The predicted octanol–water partition coefficient (Wildman–Crippen LogP) is 0.215. The highest BCUT2D eigenvalue weighted by molar-refractivity contribution is 5.86. The Bertz CT molecular complexity index is 283. The molecule has 0 aromatic heterocycles. The van der Waals surface area contributed by atoms with Crippen LogP contribution in [0.25, 0.3) is 0 Å². The van der Waals surface area contributed by atoms with Crippen molar-refractivity contribution in [3.8, 4) is 0 Å². The number of nitrogens with one attached hydrogen (secondary N) is 2. The first-order valence-corrected chi connectivity index (χ1v) is 6.69. The lowest BCUT2D eigenvalue weighted by Crippen LogP contribution is -2.59. The van der Waals surface area contributed by atoms with Gasteiger partial charge in [0.25, 0.3) is 0 Å². The molecule has 1 fully saturated rings. The van der Waals surface area contributed by atoms with Gasteiger partial charge in [0.2, 0.25) is 11.8 Å². The highest BCUT2D eigenvalue weighted by atomic mass is 16.2. The molecule has 104 valence electrons. The van der Waals surface area contributed by atoms with E-state index < -0.39 is 0 Å². The zero-order valence-corrected chi connectivity index (χ0v) is 11.8. The fourth-order valence-corrected chi connectivity index (χ4v) is 2.10. The van der Waals surface area contributed by atoms with Crippen LogP contribution in [-0.4, -0.2) is 48.9 Å². The van der Waals surface area contributed by atoms with Gasteiger partial charge in [0, 0.05) is 19.6 Å². The molecule has 0 radical (unpaired) electrons. The fourth-order valence-electron chi connectivity index (χ4n) is 2.10. The average molecular weight is 255 g/mol. The van der Waals surface area contributed by atoms with E-state index in [9.17, 15) is 9.59 Å². The van der Waals surface area contributed by atoms with E-state index in [0.717, 1.165) is 13.1 Å². The van der Waals surface area contributed by atoms with Crippen LogP contribution in [0.2, 0.25) is 0 Å². The molecule has 1 aliphatic rings. The van der Waals surface area contributed by atoms with Gasteiger partial charge in [-0.25, -0.2) is 0 Å². The molecule has 5 nitrogen and oxygen atoms in total. The van der Waals surface area contributed by atoms with Crippen LogP contribution in [-0.2, 0) is 9.59 Å². The average Bonchev–Trinajstić information content (AvgIpc) is 2.27. The Balaban J connectivity index is 2.60. The third kappa shape index (κ3) is 4.64. The van der Waals surface area contributed by atoms with Crippen molar-refractivity contribution in [2.24, 2.45) is 11.8 Å². The Kier molecular flexibility index (Phi) is 5.59. The molecule has 1 unspecified atom stereocenters. The summed E-state index contributed by atoms with van der Waals surface area (Å²) < 4.78 is 0. The van der Waals surface area contributed by atoms with Crippen molar-refractivity contribution >= 4 is 11.8 Å². The Morgan fingerprint density at radius 1 is 1.28 bits per heavy atom. The zero-order chi connectivity index (χ0) is 13.7. The normalized spacial score (nSPS) is 20.1. The number of nitrogens with zero attached hydrogens (tertiary/aromatic N) is 1. The minimum atomic E-state index is -0.278. The summed E-state index contributed by atoms with van der Waals surface area (Å²) in [5.41, 5.74) is 0. The molecule has 18 heavy (non-hydrogen) atoms. The SMILES string of the molecule is CC(C)CN(CC(C)C)C(=O)C1CNC(=O)CN1. The van der Waals surface area contributed by atoms with Crippen molar-refractivity contribution in [1.82, 2.24) is 15.5 Å². The Morgan fingerprint density at radius 2 is 1.83 bits per heavy atom. The topological polar surface area (TPSA) is 61.4 Å². The molecule has 5 heteroatoms. The maximum atomic E-state index is 12.4. The van der Waals surface area contributed by atoms with Crippen molar-refractivity contribution in [1.29, 1.82) is 0 Å². The summed E-state index contributed by atoms with van der Waals surface area (Å²) in [6.45, 7) is 10.6. The molecule has 1 atom stereocenters. The van der Waals surface area contributed by atoms with E-state index in [2.05, 4.69) is 38.3 Å². The van der Waals surface area contributed by atoms with Crippen LogP contribution in [0, 0.1) is 11.8 Å². The lowest BCUT2D eigenvalue weighted by atomic mass is 10.1. The summed E-state index contributed by atoms with van der Waals surface area (Å²) in [5, 5.41) is 5.72. The first-order valence-electron chi connectivity index (χ1n) is 6.69. The Labute approximate surface area is 109 Å². The number of hydrogen-bond donors (Lipinski definition) is 2. The minimum absolute atomic E-state index is 0.0432. The van der Waals surface area contributed by atoms with Crippen LogP contribution in [0.4, 0.5) is 0 Å². The van der Waals surface area contributed by atoms with Crippen LogP contribution in [0.1, 0.15) is 27.7 Å². The van der Waals surface area contributed by atoms with E-state index in [1.165, 1.54) is 0 Å². The second kappa shape index (κ2) is 6.73. The van der Waals surface area contributed by atoms with E-state index in [-0.39, 0.29) is 24.4 Å². The second-order valence-electron chi connectivity index (χ2n) is 5.77. The molecule has 1 rings (SSSR count). The molecule has 1 aliphatic heterocycles. The highest BCUT2D eigenvalue weighted by Gasteiger charge is 2.28. The molecule has 0 aromatic carbocycles. The van der Waals surface area contributed by atoms with Crippen molar-refractivity contribution in [2.45, 2.75) is 33.7 Å². The van der Waals surface area contributed by atoms with Crippen LogP contribution >= 0.6 is 0 Å². The third-order valence-electron chi connectivity index (χ3n) is 2.79. The largest absolute Gasteiger partial charge is 0.353 e. The molecule has 2 amide bonds. The summed E-state index contributed by atoms with van der Waals surface area (Å²) in [6, 6.07) is -0.278. The minimum Gasteiger partial charge on any atom is -0.353 e. The van der Waals surface area contributed by atoms with Crippen molar-refractivity contribution in [3.63, 3.8) is 0 Å². The van der Waals surface area contributed by atoms with Gasteiger partial charge in [-0.1, -0.05) is 27.7 Å². The third-order valence-corrected chi connectivity index (χ3v) is 2.79. The maximum Gasteiger partial charge on any atom is 0.241 e. The molecule has 0 aromatic rings. The molecule has 0 bridgehead atoms.